The Hall–Kier alpha value is -1.10. The first-order valence-corrected chi connectivity index (χ1v) is 6.13. The van der Waals surface area contributed by atoms with Crippen LogP contribution in [0, 0.1) is 11.8 Å². The quantitative estimate of drug-likeness (QED) is 0.755. The van der Waals surface area contributed by atoms with Crippen LogP contribution < -0.4 is 5.32 Å². The van der Waals surface area contributed by atoms with Crippen LogP contribution in [0.15, 0.2) is 0 Å². The maximum absolute atomic E-state index is 11.9. The molecule has 98 valence electrons. The van der Waals surface area contributed by atoms with Crippen LogP contribution in [0.5, 0.6) is 0 Å². The fourth-order valence-corrected chi connectivity index (χ4v) is 2.06. The van der Waals surface area contributed by atoms with Crippen molar-refractivity contribution < 1.29 is 14.7 Å². The molecular weight excluding hydrogens is 220 g/mol. The Morgan fingerprint density at radius 2 is 1.82 bits per heavy atom. The molecule has 1 amide bonds. The second kappa shape index (κ2) is 6.00. The molecule has 0 bridgehead atoms. The average molecular weight is 242 g/mol. The standard InChI is InChI=1S/C12H22N2O3/c1-8(2)10(12(16)17)13-11(15)9-4-6-14(3)7-5-9/h8-10H,4-7H2,1-3H3,(H,13,15)(H,16,17)/t10-/m0/s1. The Balaban J connectivity index is 2.50. The van der Waals surface area contributed by atoms with Crippen molar-refractivity contribution in [2.75, 3.05) is 20.1 Å². The van der Waals surface area contributed by atoms with Crippen molar-refractivity contribution in [2.45, 2.75) is 32.7 Å². The minimum atomic E-state index is -0.957. The fraction of sp³-hybridized carbons (Fsp3) is 0.833. The van der Waals surface area contributed by atoms with Crippen LogP contribution in [0.4, 0.5) is 0 Å². The number of aliphatic carboxylic acids is 1. The Morgan fingerprint density at radius 3 is 2.24 bits per heavy atom. The number of hydrogen-bond donors (Lipinski definition) is 2. The summed E-state index contributed by atoms with van der Waals surface area (Å²) in [6.07, 6.45) is 1.62. The third-order valence-corrected chi connectivity index (χ3v) is 3.32. The highest BCUT2D eigenvalue weighted by Crippen LogP contribution is 2.16. The lowest BCUT2D eigenvalue weighted by atomic mass is 9.95. The van der Waals surface area contributed by atoms with Gasteiger partial charge in [0, 0.05) is 5.92 Å². The van der Waals surface area contributed by atoms with Crippen molar-refractivity contribution in [3.63, 3.8) is 0 Å². The molecule has 0 aliphatic carbocycles. The average Bonchev–Trinajstić information content (AvgIpc) is 2.25. The normalized spacial score (nSPS) is 20.2. The number of carbonyl (C=O) groups excluding carboxylic acids is 1. The number of rotatable bonds is 4. The predicted octanol–water partition coefficient (Wildman–Crippen LogP) is 0.554. The van der Waals surface area contributed by atoms with Crippen molar-refractivity contribution in [2.24, 2.45) is 11.8 Å². The third kappa shape index (κ3) is 4.00. The zero-order valence-electron chi connectivity index (χ0n) is 10.8. The Morgan fingerprint density at radius 1 is 1.29 bits per heavy atom. The summed E-state index contributed by atoms with van der Waals surface area (Å²) in [6, 6.07) is -0.776. The van der Waals surface area contributed by atoms with Gasteiger partial charge in [-0.25, -0.2) is 4.79 Å². The molecule has 0 aromatic heterocycles. The molecule has 1 aliphatic heterocycles. The lowest BCUT2D eigenvalue weighted by Crippen LogP contribution is -2.48. The van der Waals surface area contributed by atoms with E-state index in [1.54, 1.807) is 13.8 Å². The summed E-state index contributed by atoms with van der Waals surface area (Å²) in [4.78, 5) is 25.1. The first-order valence-electron chi connectivity index (χ1n) is 6.13. The topological polar surface area (TPSA) is 69.6 Å². The number of likely N-dealkylation sites (tertiary alicyclic amines) is 1. The van der Waals surface area contributed by atoms with Gasteiger partial charge < -0.3 is 15.3 Å². The maximum atomic E-state index is 11.9. The van der Waals surface area contributed by atoms with Crippen molar-refractivity contribution in [3.8, 4) is 0 Å². The molecule has 0 radical (unpaired) electrons. The second-order valence-corrected chi connectivity index (χ2v) is 5.15. The van der Waals surface area contributed by atoms with E-state index in [2.05, 4.69) is 10.2 Å². The zero-order valence-corrected chi connectivity index (χ0v) is 10.8. The van der Waals surface area contributed by atoms with E-state index >= 15 is 0 Å². The summed E-state index contributed by atoms with van der Waals surface area (Å²) >= 11 is 0. The highest BCUT2D eigenvalue weighted by atomic mass is 16.4. The summed E-state index contributed by atoms with van der Waals surface area (Å²) < 4.78 is 0. The number of amides is 1. The Labute approximate surface area is 102 Å². The number of carboxylic acids is 1. The molecule has 0 unspecified atom stereocenters. The monoisotopic (exact) mass is 242 g/mol. The van der Waals surface area contributed by atoms with Crippen LogP contribution in [-0.2, 0) is 9.59 Å². The smallest absolute Gasteiger partial charge is 0.326 e. The van der Waals surface area contributed by atoms with Gasteiger partial charge in [0.25, 0.3) is 0 Å². The summed E-state index contributed by atoms with van der Waals surface area (Å²) in [5, 5.41) is 11.7. The SMILES string of the molecule is CC(C)[C@H](NC(=O)C1CCN(C)CC1)C(=O)O. The molecule has 17 heavy (non-hydrogen) atoms. The van der Waals surface area contributed by atoms with Crippen molar-refractivity contribution in [3.05, 3.63) is 0 Å². The van der Waals surface area contributed by atoms with Crippen LogP contribution in [0.1, 0.15) is 26.7 Å². The zero-order chi connectivity index (χ0) is 13.0. The van der Waals surface area contributed by atoms with E-state index in [9.17, 15) is 9.59 Å². The molecule has 0 spiro atoms. The van der Waals surface area contributed by atoms with Gasteiger partial charge in [0.15, 0.2) is 0 Å². The molecule has 1 atom stereocenters. The Bertz CT molecular complexity index is 283. The molecule has 1 heterocycles. The van der Waals surface area contributed by atoms with Crippen LogP contribution in [0.2, 0.25) is 0 Å². The molecule has 1 aliphatic rings. The highest BCUT2D eigenvalue weighted by molar-refractivity contribution is 5.85. The molecule has 1 saturated heterocycles. The van der Waals surface area contributed by atoms with Gasteiger partial charge in [-0.15, -0.1) is 0 Å². The minimum absolute atomic E-state index is 0.0354. The van der Waals surface area contributed by atoms with Gasteiger partial charge in [-0.05, 0) is 38.9 Å². The highest BCUT2D eigenvalue weighted by Gasteiger charge is 2.29. The van der Waals surface area contributed by atoms with Crippen molar-refractivity contribution >= 4 is 11.9 Å². The van der Waals surface area contributed by atoms with E-state index in [1.165, 1.54) is 0 Å². The Kier molecular flexibility index (Phi) is 4.93. The number of hydrogen-bond acceptors (Lipinski definition) is 3. The summed E-state index contributed by atoms with van der Waals surface area (Å²) in [6.45, 7) is 5.40. The molecular formula is C12H22N2O3. The largest absolute Gasteiger partial charge is 0.480 e. The van der Waals surface area contributed by atoms with Gasteiger partial charge in [0.05, 0.1) is 0 Å². The first-order chi connectivity index (χ1) is 7.91. The predicted molar refractivity (Wildman–Crippen MR) is 64.6 cm³/mol. The summed E-state index contributed by atoms with van der Waals surface area (Å²) in [5.41, 5.74) is 0. The lowest BCUT2D eigenvalue weighted by Gasteiger charge is -2.29. The molecule has 5 nitrogen and oxygen atoms in total. The molecule has 2 N–H and O–H groups in total. The van der Waals surface area contributed by atoms with E-state index in [0.717, 1.165) is 25.9 Å². The van der Waals surface area contributed by atoms with Gasteiger partial charge in [0.2, 0.25) is 5.91 Å². The van der Waals surface area contributed by atoms with Crippen LogP contribution in [-0.4, -0.2) is 48.1 Å². The van der Waals surface area contributed by atoms with Gasteiger partial charge in [0.1, 0.15) is 6.04 Å². The number of carboxylic acid groups (broad SMARTS) is 1. The number of nitrogens with one attached hydrogen (secondary N) is 1. The van der Waals surface area contributed by atoms with E-state index in [1.807, 2.05) is 7.05 Å². The third-order valence-electron chi connectivity index (χ3n) is 3.32. The van der Waals surface area contributed by atoms with Crippen molar-refractivity contribution in [1.82, 2.24) is 10.2 Å². The first kappa shape index (κ1) is 14.0. The molecule has 0 aromatic rings. The summed E-state index contributed by atoms with van der Waals surface area (Å²) in [7, 11) is 2.03. The van der Waals surface area contributed by atoms with Crippen LogP contribution >= 0.6 is 0 Å². The second-order valence-electron chi connectivity index (χ2n) is 5.15. The van der Waals surface area contributed by atoms with E-state index in [4.69, 9.17) is 5.11 Å². The van der Waals surface area contributed by atoms with E-state index < -0.39 is 12.0 Å². The minimum Gasteiger partial charge on any atom is -0.480 e. The summed E-state index contributed by atoms with van der Waals surface area (Å²) in [5.74, 6) is -1.20. The van der Waals surface area contributed by atoms with Gasteiger partial charge >= 0.3 is 5.97 Å². The number of piperidine rings is 1. The van der Waals surface area contributed by atoms with Crippen LogP contribution in [0.3, 0.4) is 0 Å². The lowest BCUT2D eigenvalue weighted by molar-refractivity contribution is -0.144. The molecule has 1 rings (SSSR count). The number of nitrogens with zero attached hydrogens (tertiary/aromatic N) is 1. The molecule has 1 fully saturated rings. The van der Waals surface area contributed by atoms with Crippen molar-refractivity contribution in [1.29, 1.82) is 0 Å². The maximum Gasteiger partial charge on any atom is 0.326 e. The fourth-order valence-electron chi connectivity index (χ4n) is 2.06. The van der Waals surface area contributed by atoms with E-state index in [-0.39, 0.29) is 17.7 Å². The van der Waals surface area contributed by atoms with Gasteiger partial charge in [-0.2, -0.15) is 0 Å². The molecule has 5 heteroatoms. The number of carbonyl (C=O) groups is 2. The van der Waals surface area contributed by atoms with Gasteiger partial charge in [-0.3, -0.25) is 4.79 Å². The molecule has 0 aromatic carbocycles. The van der Waals surface area contributed by atoms with Crippen LogP contribution in [0.25, 0.3) is 0 Å². The molecule has 0 saturated carbocycles. The van der Waals surface area contributed by atoms with E-state index in [0.29, 0.717) is 0 Å². The van der Waals surface area contributed by atoms with Gasteiger partial charge in [-0.1, -0.05) is 13.8 Å².